The van der Waals surface area contributed by atoms with Crippen LogP contribution in [0.5, 0.6) is 17.2 Å². The number of hydrogen-bond acceptors (Lipinski definition) is 4. The predicted octanol–water partition coefficient (Wildman–Crippen LogP) is 5.80. The van der Waals surface area contributed by atoms with Gasteiger partial charge >= 0.3 is 5.97 Å². The maximum atomic E-state index is 11.3. The van der Waals surface area contributed by atoms with Gasteiger partial charge in [-0.15, -0.1) is 0 Å². The van der Waals surface area contributed by atoms with E-state index in [1.54, 1.807) is 0 Å². The van der Waals surface area contributed by atoms with Crippen LogP contribution in [0.4, 0.5) is 0 Å². The lowest BCUT2D eigenvalue weighted by Crippen LogP contribution is -2.01. The Morgan fingerprint density at radius 3 is 2.39 bits per heavy atom. The van der Waals surface area contributed by atoms with Crippen molar-refractivity contribution in [2.75, 3.05) is 13.7 Å². The molecular formula is C27H26O4. The molecule has 3 aromatic carbocycles. The van der Waals surface area contributed by atoms with Gasteiger partial charge in [0.05, 0.1) is 13.7 Å². The van der Waals surface area contributed by atoms with E-state index in [0.29, 0.717) is 19.4 Å². The fraction of sp³-hybridized carbons (Fsp3) is 0.222. The van der Waals surface area contributed by atoms with E-state index in [2.05, 4.69) is 16.6 Å². The lowest BCUT2D eigenvalue weighted by atomic mass is 10.1. The summed E-state index contributed by atoms with van der Waals surface area (Å²) in [6.45, 7) is 0.604. The van der Waals surface area contributed by atoms with E-state index in [4.69, 9.17) is 9.47 Å². The van der Waals surface area contributed by atoms with Gasteiger partial charge in [0.15, 0.2) is 0 Å². The number of carbonyl (C=O) groups is 1. The fourth-order valence-electron chi connectivity index (χ4n) is 2.90. The Hall–Kier alpha value is -3.71. The van der Waals surface area contributed by atoms with E-state index in [-0.39, 0.29) is 5.97 Å². The van der Waals surface area contributed by atoms with Crippen molar-refractivity contribution >= 4 is 5.97 Å². The number of carbonyl (C=O) groups excluding carboxylic acids is 1. The minimum Gasteiger partial charge on any atom is -0.494 e. The summed E-state index contributed by atoms with van der Waals surface area (Å²) in [7, 11) is 1.41. The molecule has 0 unspecified atom stereocenters. The van der Waals surface area contributed by atoms with Crippen molar-refractivity contribution in [3.05, 3.63) is 90.0 Å². The van der Waals surface area contributed by atoms with Gasteiger partial charge in [-0.25, -0.2) is 0 Å². The van der Waals surface area contributed by atoms with Crippen molar-refractivity contribution in [1.82, 2.24) is 0 Å². The highest BCUT2D eigenvalue weighted by Gasteiger charge is 2.02. The van der Waals surface area contributed by atoms with Gasteiger partial charge < -0.3 is 14.2 Å². The summed E-state index contributed by atoms with van der Waals surface area (Å²) in [6.07, 6.45) is 2.63. The maximum absolute atomic E-state index is 11.3. The first-order valence-electron chi connectivity index (χ1n) is 10.3. The third kappa shape index (κ3) is 7.91. The van der Waals surface area contributed by atoms with Gasteiger partial charge in [0.1, 0.15) is 17.2 Å². The second kappa shape index (κ2) is 12.1. The Morgan fingerprint density at radius 2 is 1.61 bits per heavy atom. The summed E-state index contributed by atoms with van der Waals surface area (Å²) < 4.78 is 16.2. The number of rotatable bonds is 9. The first kappa shape index (κ1) is 22.0. The molecule has 0 aromatic heterocycles. The summed E-state index contributed by atoms with van der Waals surface area (Å²) in [5.41, 5.74) is 2.04. The van der Waals surface area contributed by atoms with E-state index in [9.17, 15) is 4.79 Å². The van der Waals surface area contributed by atoms with E-state index in [1.807, 2.05) is 78.9 Å². The molecule has 0 aliphatic rings. The van der Waals surface area contributed by atoms with Crippen LogP contribution in [-0.2, 0) is 16.0 Å². The molecule has 0 spiro atoms. The van der Waals surface area contributed by atoms with Crippen LogP contribution in [0.1, 0.15) is 30.4 Å². The highest BCUT2D eigenvalue weighted by atomic mass is 16.5. The number of aryl methyl sites for hydroxylation is 1. The highest BCUT2D eigenvalue weighted by Crippen LogP contribution is 2.23. The smallest absolute Gasteiger partial charge is 0.305 e. The molecule has 0 saturated carbocycles. The second-order valence-electron chi connectivity index (χ2n) is 6.92. The van der Waals surface area contributed by atoms with E-state index >= 15 is 0 Å². The minimum absolute atomic E-state index is 0.199. The van der Waals surface area contributed by atoms with Crippen molar-refractivity contribution in [3.63, 3.8) is 0 Å². The van der Waals surface area contributed by atoms with Crippen LogP contribution in [-0.4, -0.2) is 19.7 Å². The van der Waals surface area contributed by atoms with Gasteiger partial charge in [0.25, 0.3) is 0 Å². The summed E-state index contributed by atoms with van der Waals surface area (Å²) >= 11 is 0. The zero-order chi connectivity index (χ0) is 21.7. The second-order valence-corrected chi connectivity index (χ2v) is 6.92. The van der Waals surface area contributed by atoms with E-state index in [0.717, 1.165) is 41.2 Å². The van der Waals surface area contributed by atoms with Gasteiger partial charge in [-0.05, 0) is 66.9 Å². The number of para-hydroxylation sites is 1. The number of benzene rings is 3. The molecule has 4 nitrogen and oxygen atoms in total. The Kier molecular flexibility index (Phi) is 8.58. The largest absolute Gasteiger partial charge is 0.494 e. The van der Waals surface area contributed by atoms with Crippen LogP contribution in [0, 0.1) is 11.8 Å². The van der Waals surface area contributed by atoms with Crippen molar-refractivity contribution < 1.29 is 19.0 Å². The lowest BCUT2D eigenvalue weighted by Gasteiger charge is -2.08. The molecule has 0 N–H and O–H groups in total. The minimum atomic E-state index is -0.199. The van der Waals surface area contributed by atoms with Crippen molar-refractivity contribution in [3.8, 4) is 29.1 Å². The van der Waals surface area contributed by atoms with E-state index in [1.165, 1.54) is 7.11 Å². The molecule has 4 heteroatoms. The normalized spacial score (nSPS) is 9.97. The number of ether oxygens (including phenoxy) is 3. The van der Waals surface area contributed by atoms with Crippen LogP contribution in [0.3, 0.4) is 0 Å². The number of unbranched alkanes of at least 4 members (excludes halogenated alkanes) is 1. The molecule has 0 heterocycles. The van der Waals surface area contributed by atoms with Crippen LogP contribution < -0.4 is 9.47 Å². The molecule has 3 rings (SSSR count). The van der Waals surface area contributed by atoms with Crippen LogP contribution in [0.15, 0.2) is 78.9 Å². The average molecular weight is 415 g/mol. The molecule has 0 radical (unpaired) electrons. The summed E-state index contributed by atoms with van der Waals surface area (Å²) in [6, 6.07) is 25.2. The SMILES string of the molecule is COC(=O)CCc1cccc(C#CCCCOc2ccc(Oc3ccccc3)cc2)c1. The molecule has 158 valence electrons. The molecule has 3 aromatic rings. The Balaban J connectivity index is 1.38. The van der Waals surface area contributed by atoms with E-state index < -0.39 is 0 Å². The number of hydrogen-bond donors (Lipinski definition) is 0. The fourth-order valence-corrected chi connectivity index (χ4v) is 2.90. The van der Waals surface area contributed by atoms with Gasteiger partial charge in [0, 0.05) is 18.4 Å². The van der Waals surface area contributed by atoms with Gasteiger partial charge in [0.2, 0.25) is 0 Å². The monoisotopic (exact) mass is 414 g/mol. The van der Waals surface area contributed by atoms with Gasteiger partial charge in [-0.1, -0.05) is 42.2 Å². The molecule has 0 amide bonds. The van der Waals surface area contributed by atoms with Gasteiger partial charge in [-0.2, -0.15) is 0 Å². The third-order valence-corrected chi connectivity index (χ3v) is 4.52. The Bertz CT molecular complexity index is 1010. The Morgan fingerprint density at radius 1 is 0.871 bits per heavy atom. The van der Waals surface area contributed by atoms with Crippen LogP contribution in [0.25, 0.3) is 0 Å². The highest BCUT2D eigenvalue weighted by molar-refractivity contribution is 5.69. The van der Waals surface area contributed by atoms with Crippen molar-refractivity contribution in [2.24, 2.45) is 0 Å². The Labute approximate surface area is 183 Å². The molecular weight excluding hydrogens is 388 g/mol. The molecule has 0 saturated heterocycles. The molecule has 0 fully saturated rings. The third-order valence-electron chi connectivity index (χ3n) is 4.52. The van der Waals surface area contributed by atoms with Crippen molar-refractivity contribution in [1.29, 1.82) is 0 Å². The van der Waals surface area contributed by atoms with Crippen LogP contribution in [0.2, 0.25) is 0 Å². The summed E-state index contributed by atoms with van der Waals surface area (Å²) in [5, 5.41) is 0. The zero-order valence-corrected chi connectivity index (χ0v) is 17.7. The quantitative estimate of drug-likeness (QED) is 0.252. The lowest BCUT2D eigenvalue weighted by molar-refractivity contribution is -0.140. The van der Waals surface area contributed by atoms with Gasteiger partial charge in [-0.3, -0.25) is 4.79 Å². The average Bonchev–Trinajstić information content (AvgIpc) is 2.81. The molecule has 0 atom stereocenters. The molecule has 0 aliphatic heterocycles. The first-order chi connectivity index (χ1) is 15.2. The molecule has 31 heavy (non-hydrogen) atoms. The number of esters is 1. The summed E-state index contributed by atoms with van der Waals surface area (Å²) in [4.78, 5) is 11.3. The zero-order valence-electron chi connectivity index (χ0n) is 17.7. The standard InChI is InChI=1S/C27H26O4/c1-29-27(28)19-14-23-11-8-10-22(21-23)9-4-3-7-20-30-24-15-17-26(18-16-24)31-25-12-5-2-6-13-25/h2,5-6,8,10-13,15-18,21H,3,7,14,19-20H2,1H3. The molecule has 0 aliphatic carbocycles. The maximum Gasteiger partial charge on any atom is 0.305 e. The first-order valence-corrected chi connectivity index (χ1v) is 10.3. The van der Waals surface area contributed by atoms with Crippen molar-refractivity contribution in [2.45, 2.75) is 25.7 Å². The summed E-state index contributed by atoms with van der Waals surface area (Å²) in [5.74, 6) is 8.56. The topological polar surface area (TPSA) is 44.8 Å². The van der Waals surface area contributed by atoms with Crippen LogP contribution >= 0.6 is 0 Å². The molecule has 0 bridgehead atoms. The predicted molar refractivity (Wildman–Crippen MR) is 121 cm³/mol. The number of methoxy groups -OCH3 is 1.